The summed E-state index contributed by atoms with van der Waals surface area (Å²) in [6.07, 6.45) is -0.535. The molecule has 2 aromatic carbocycles. The number of likely N-dealkylation sites (N-methyl/N-ethyl adjacent to an activating group) is 1. The highest BCUT2D eigenvalue weighted by atomic mass is 79.9. The van der Waals surface area contributed by atoms with Gasteiger partial charge in [-0.3, -0.25) is 4.79 Å². The van der Waals surface area contributed by atoms with Crippen molar-refractivity contribution in [2.75, 3.05) is 7.05 Å². The van der Waals surface area contributed by atoms with E-state index < -0.39 is 6.10 Å². The molecule has 2 rings (SSSR count). The van der Waals surface area contributed by atoms with E-state index in [1.54, 1.807) is 18.9 Å². The Hall–Kier alpha value is -1.81. The minimum absolute atomic E-state index is 0.0451. The van der Waals surface area contributed by atoms with Crippen molar-refractivity contribution < 1.29 is 9.53 Å². The van der Waals surface area contributed by atoms with Gasteiger partial charge >= 0.3 is 0 Å². The molecule has 2 aromatic rings. The van der Waals surface area contributed by atoms with E-state index >= 15 is 0 Å². The maximum Gasteiger partial charge on any atom is 0.263 e. The van der Waals surface area contributed by atoms with Crippen molar-refractivity contribution >= 4 is 21.8 Å². The number of amides is 1. The van der Waals surface area contributed by atoms with E-state index in [1.807, 2.05) is 55.5 Å². The Morgan fingerprint density at radius 1 is 1.23 bits per heavy atom. The van der Waals surface area contributed by atoms with Gasteiger partial charge in [-0.2, -0.15) is 0 Å². The quantitative estimate of drug-likeness (QED) is 0.799. The number of aryl methyl sites for hydroxylation is 1. The number of hydrogen-bond donors (Lipinski definition) is 0. The van der Waals surface area contributed by atoms with Crippen molar-refractivity contribution in [1.29, 1.82) is 0 Å². The van der Waals surface area contributed by atoms with Gasteiger partial charge in [0.25, 0.3) is 5.91 Å². The van der Waals surface area contributed by atoms with E-state index in [0.717, 1.165) is 15.6 Å². The van der Waals surface area contributed by atoms with Crippen LogP contribution in [0.25, 0.3) is 0 Å². The molecule has 0 heterocycles. The van der Waals surface area contributed by atoms with E-state index in [1.165, 1.54) is 0 Å². The monoisotopic (exact) mass is 361 g/mol. The highest BCUT2D eigenvalue weighted by Gasteiger charge is 2.20. The number of ether oxygens (including phenoxy) is 1. The predicted octanol–water partition coefficient (Wildman–Crippen LogP) is 4.18. The minimum atomic E-state index is -0.535. The third-order valence-electron chi connectivity index (χ3n) is 3.38. The summed E-state index contributed by atoms with van der Waals surface area (Å²) >= 11 is 3.47. The minimum Gasteiger partial charge on any atom is -0.480 e. The van der Waals surface area contributed by atoms with Gasteiger partial charge in [0.05, 0.1) is 4.47 Å². The summed E-state index contributed by atoms with van der Waals surface area (Å²) in [5, 5.41) is 0. The fourth-order valence-electron chi connectivity index (χ4n) is 2.19. The summed E-state index contributed by atoms with van der Waals surface area (Å²) in [6, 6.07) is 15.7. The molecule has 0 aliphatic heterocycles. The summed E-state index contributed by atoms with van der Waals surface area (Å²) in [4.78, 5) is 14.1. The largest absolute Gasteiger partial charge is 0.480 e. The molecule has 0 saturated carbocycles. The first-order chi connectivity index (χ1) is 10.5. The smallest absolute Gasteiger partial charge is 0.263 e. The van der Waals surface area contributed by atoms with Crippen LogP contribution < -0.4 is 4.74 Å². The lowest BCUT2D eigenvalue weighted by Crippen LogP contribution is -2.37. The van der Waals surface area contributed by atoms with E-state index in [2.05, 4.69) is 15.9 Å². The standard InChI is InChI=1S/C18H20BrNO2/c1-13-9-10-17(16(19)11-13)22-14(2)18(21)20(3)12-15-7-5-4-6-8-15/h4-11,14H,12H2,1-3H3. The van der Waals surface area contributed by atoms with Gasteiger partial charge in [0.1, 0.15) is 5.75 Å². The van der Waals surface area contributed by atoms with E-state index in [0.29, 0.717) is 12.3 Å². The van der Waals surface area contributed by atoms with Crippen LogP contribution in [0.4, 0.5) is 0 Å². The second kappa shape index (κ2) is 7.45. The molecule has 4 heteroatoms. The lowest BCUT2D eigenvalue weighted by molar-refractivity contribution is -0.137. The van der Waals surface area contributed by atoms with E-state index in [-0.39, 0.29) is 5.91 Å². The van der Waals surface area contributed by atoms with Gasteiger partial charge in [-0.1, -0.05) is 36.4 Å². The Balaban J connectivity index is 1.99. The van der Waals surface area contributed by atoms with Crippen LogP contribution in [0.3, 0.4) is 0 Å². The molecule has 0 aromatic heterocycles. The van der Waals surface area contributed by atoms with Gasteiger partial charge in [-0.15, -0.1) is 0 Å². The summed E-state index contributed by atoms with van der Waals surface area (Å²) in [5.41, 5.74) is 2.24. The molecule has 1 atom stereocenters. The average Bonchev–Trinajstić information content (AvgIpc) is 2.50. The second-order valence-corrected chi connectivity index (χ2v) is 6.23. The molecule has 1 amide bonds. The first-order valence-corrected chi connectivity index (χ1v) is 7.98. The topological polar surface area (TPSA) is 29.5 Å². The first-order valence-electron chi connectivity index (χ1n) is 7.19. The number of carbonyl (C=O) groups is 1. The molecule has 0 radical (unpaired) electrons. The highest BCUT2D eigenvalue weighted by Crippen LogP contribution is 2.26. The van der Waals surface area contributed by atoms with Crippen LogP contribution in [-0.2, 0) is 11.3 Å². The van der Waals surface area contributed by atoms with Crippen LogP contribution in [0, 0.1) is 6.92 Å². The lowest BCUT2D eigenvalue weighted by Gasteiger charge is -2.22. The molecule has 0 spiro atoms. The fraction of sp³-hybridized carbons (Fsp3) is 0.278. The van der Waals surface area contributed by atoms with Crippen LogP contribution in [0.5, 0.6) is 5.75 Å². The maximum atomic E-state index is 12.4. The molecule has 0 N–H and O–H groups in total. The lowest BCUT2D eigenvalue weighted by atomic mass is 10.2. The van der Waals surface area contributed by atoms with Gasteiger partial charge in [0, 0.05) is 13.6 Å². The van der Waals surface area contributed by atoms with Crippen molar-refractivity contribution in [3.8, 4) is 5.75 Å². The third kappa shape index (κ3) is 4.34. The Morgan fingerprint density at radius 3 is 2.55 bits per heavy atom. The number of nitrogens with zero attached hydrogens (tertiary/aromatic N) is 1. The molecule has 0 saturated heterocycles. The first kappa shape index (κ1) is 16.6. The molecule has 1 unspecified atom stereocenters. The van der Waals surface area contributed by atoms with E-state index in [9.17, 15) is 4.79 Å². The Morgan fingerprint density at radius 2 is 1.91 bits per heavy atom. The summed E-state index contributed by atoms with van der Waals surface area (Å²) in [6.45, 7) is 4.36. The van der Waals surface area contributed by atoms with Gasteiger partial charge in [0.2, 0.25) is 0 Å². The number of rotatable bonds is 5. The number of carbonyl (C=O) groups excluding carboxylic acids is 1. The molecule has 0 aliphatic rings. The van der Waals surface area contributed by atoms with Crippen LogP contribution in [-0.4, -0.2) is 24.0 Å². The molecule has 0 bridgehead atoms. The summed E-state index contributed by atoms with van der Waals surface area (Å²) in [7, 11) is 1.79. The van der Waals surface area contributed by atoms with Crippen molar-refractivity contribution in [2.45, 2.75) is 26.5 Å². The van der Waals surface area contributed by atoms with Gasteiger partial charge in [0.15, 0.2) is 6.10 Å². The molecule has 116 valence electrons. The number of benzene rings is 2. The SMILES string of the molecule is Cc1ccc(OC(C)C(=O)N(C)Cc2ccccc2)c(Br)c1. The number of hydrogen-bond acceptors (Lipinski definition) is 2. The maximum absolute atomic E-state index is 12.4. The molecule has 0 fully saturated rings. The van der Waals surface area contributed by atoms with Crippen molar-refractivity contribution in [1.82, 2.24) is 4.90 Å². The zero-order chi connectivity index (χ0) is 16.1. The Labute approximate surface area is 140 Å². The highest BCUT2D eigenvalue weighted by molar-refractivity contribution is 9.10. The summed E-state index contributed by atoms with van der Waals surface area (Å²) < 4.78 is 6.64. The second-order valence-electron chi connectivity index (χ2n) is 5.37. The van der Waals surface area contributed by atoms with Crippen LogP contribution in [0.15, 0.2) is 53.0 Å². The fourth-order valence-corrected chi connectivity index (χ4v) is 2.77. The number of halogens is 1. The van der Waals surface area contributed by atoms with Crippen LogP contribution in [0.1, 0.15) is 18.1 Å². The molecule has 0 aliphatic carbocycles. The molecular weight excluding hydrogens is 342 g/mol. The Kier molecular flexibility index (Phi) is 5.61. The van der Waals surface area contributed by atoms with Gasteiger partial charge in [-0.05, 0) is 53.0 Å². The van der Waals surface area contributed by atoms with Crippen molar-refractivity contribution in [2.24, 2.45) is 0 Å². The molecule has 22 heavy (non-hydrogen) atoms. The molecular formula is C18H20BrNO2. The third-order valence-corrected chi connectivity index (χ3v) is 4.00. The normalized spacial score (nSPS) is 11.8. The van der Waals surface area contributed by atoms with Gasteiger partial charge in [-0.25, -0.2) is 0 Å². The van der Waals surface area contributed by atoms with E-state index in [4.69, 9.17) is 4.74 Å². The van der Waals surface area contributed by atoms with Crippen LogP contribution >= 0.6 is 15.9 Å². The Bertz CT molecular complexity index is 643. The predicted molar refractivity (Wildman–Crippen MR) is 91.9 cm³/mol. The zero-order valence-corrected chi connectivity index (χ0v) is 14.6. The van der Waals surface area contributed by atoms with Crippen molar-refractivity contribution in [3.63, 3.8) is 0 Å². The zero-order valence-electron chi connectivity index (χ0n) is 13.0. The average molecular weight is 362 g/mol. The van der Waals surface area contributed by atoms with Gasteiger partial charge < -0.3 is 9.64 Å². The summed E-state index contributed by atoms with van der Waals surface area (Å²) in [5.74, 6) is 0.635. The van der Waals surface area contributed by atoms with Crippen molar-refractivity contribution in [3.05, 3.63) is 64.1 Å². The van der Waals surface area contributed by atoms with Crippen LogP contribution in [0.2, 0.25) is 0 Å². The molecule has 3 nitrogen and oxygen atoms in total.